The SMILES string of the molecule is COC(=O)c1cc(CNC(=O)C2COc3ccccc3O2)ccc1OC. The summed E-state index contributed by atoms with van der Waals surface area (Å²) in [6, 6.07) is 12.2. The van der Waals surface area contributed by atoms with Gasteiger partial charge in [0.1, 0.15) is 17.9 Å². The van der Waals surface area contributed by atoms with Crippen molar-refractivity contribution in [3.05, 3.63) is 53.6 Å². The fourth-order valence-electron chi connectivity index (χ4n) is 2.59. The Morgan fingerprint density at radius 2 is 1.92 bits per heavy atom. The number of para-hydroxylation sites is 2. The molecule has 1 heterocycles. The van der Waals surface area contributed by atoms with Gasteiger partial charge in [-0.05, 0) is 29.8 Å². The van der Waals surface area contributed by atoms with Crippen molar-refractivity contribution in [1.82, 2.24) is 5.32 Å². The van der Waals surface area contributed by atoms with Crippen LogP contribution >= 0.6 is 0 Å². The number of hydrogen-bond donors (Lipinski definition) is 1. The van der Waals surface area contributed by atoms with Gasteiger partial charge in [-0.1, -0.05) is 18.2 Å². The molecule has 26 heavy (non-hydrogen) atoms. The van der Waals surface area contributed by atoms with E-state index >= 15 is 0 Å². The van der Waals surface area contributed by atoms with E-state index in [-0.39, 0.29) is 19.1 Å². The molecule has 0 saturated carbocycles. The van der Waals surface area contributed by atoms with Gasteiger partial charge in [0, 0.05) is 6.54 Å². The smallest absolute Gasteiger partial charge is 0.341 e. The molecule has 0 fully saturated rings. The van der Waals surface area contributed by atoms with Gasteiger partial charge in [0.05, 0.1) is 14.2 Å². The third-order valence-electron chi connectivity index (χ3n) is 3.94. The Labute approximate surface area is 150 Å². The van der Waals surface area contributed by atoms with Crippen molar-refractivity contribution in [2.75, 3.05) is 20.8 Å². The van der Waals surface area contributed by atoms with Crippen molar-refractivity contribution in [2.24, 2.45) is 0 Å². The molecule has 0 spiro atoms. The third-order valence-corrected chi connectivity index (χ3v) is 3.94. The van der Waals surface area contributed by atoms with Crippen molar-refractivity contribution in [3.63, 3.8) is 0 Å². The van der Waals surface area contributed by atoms with Crippen LogP contribution in [0.2, 0.25) is 0 Å². The van der Waals surface area contributed by atoms with Crippen LogP contribution < -0.4 is 19.5 Å². The molecule has 1 atom stereocenters. The Bertz CT molecular complexity index is 819. The number of fused-ring (bicyclic) bond motifs is 1. The first-order valence-electron chi connectivity index (χ1n) is 8.04. The number of rotatable bonds is 5. The molecule has 1 unspecified atom stereocenters. The molecule has 3 rings (SSSR count). The van der Waals surface area contributed by atoms with E-state index < -0.39 is 12.1 Å². The summed E-state index contributed by atoms with van der Waals surface area (Å²) in [6.07, 6.45) is -0.733. The number of esters is 1. The van der Waals surface area contributed by atoms with E-state index in [1.807, 2.05) is 12.1 Å². The second-order valence-corrected chi connectivity index (χ2v) is 5.61. The summed E-state index contributed by atoms with van der Waals surface area (Å²) in [4.78, 5) is 24.2. The molecule has 7 nitrogen and oxygen atoms in total. The Morgan fingerprint density at radius 1 is 1.15 bits per heavy atom. The lowest BCUT2D eigenvalue weighted by atomic mass is 10.1. The topological polar surface area (TPSA) is 83.1 Å². The van der Waals surface area contributed by atoms with Crippen molar-refractivity contribution in [3.8, 4) is 17.2 Å². The summed E-state index contributed by atoms with van der Waals surface area (Å²) < 4.78 is 21.1. The average Bonchev–Trinajstić information content (AvgIpc) is 2.70. The second kappa shape index (κ2) is 7.77. The van der Waals surface area contributed by atoms with Crippen LogP contribution in [0.4, 0.5) is 0 Å². The van der Waals surface area contributed by atoms with Crippen LogP contribution in [0.3, 0.4) is 0 Å². The molecule has 1 amide bonds. The molecule has 136 valence electrons. The van der Waals surface area contributed by atoms with Gasteiger partial charge < -0.3 is 24.3 Å². The highest BCUT2D eigenvalue weighted by Gasteiger charge is 2.27. The Balaban J connectivity index is 1.64. The maximum atomic E-state index is 12.3. The fourth-order valence-corrected chi connectivity index (χ4v) is 2.59. The quantitative estimate of drug-likeness (QED) is 0.824. The van der Waals surface area contributed by atoms with Crippen LogP contribution in [-0.4, -0.2) is 38.8 Å². The monoisotopic (exact) mass is 357 g/mol. The van der Waals surface area contributed by atoms with Crippen LogP contribution in [0.25, 0.3) is 0 Å². The van der Waals surface area contributed by atoms with Gasteiger partial charge in [-0.3, -0.25) is 4.79 Å². The lowest BCUT2D eigenvalue weighted by Crippen LogP contribution is -2.43. The van der Waals surface area contributed by atoms with E-state index in [1.165, 1.54) is 14.2 Å². The molecule has 0 bridgehead atoms. The number of carbonyl (C=O) groups is 2. The molecule has 1 aliphatic rings. The Hall–Kier alpha value is -3.22. The summed E-state index contributed by atoms with van der Waals surface area (Å²) in [5, 5.41) is 2.78. The molecule has 0 saturated heterocycles. The highest BCUT2D eigenvalue weighted by atomic mass is 16.6. The number of carbonyl (C=O) groups excluding carboxylic acids is 2. The number of nitrogens with one attached hydrogen (secondary N) is 1. The first-order valence-corrected chi connectivity index (χ1v) is 8.04. The Morgan fingerprint density at radius 3 is 2.65 bits per heavy atom. The van der Waals surface area contributed by atoms with Crippen LogP contribution in [-0.2, 0) is 16.1 Å². The highest BCUT2D eigenvalue weighted by molar-refractivity contribution is 5.92. The molecule has 0 aromatic heterocycles. The van der Waals surface area contributed by atoms with E-state index in [9.17, 15) is 9.59 Å². The van der Waals surface area contributed by atoms with Crippen LogP contribution in [0.1, 0.15) is 15.9 Å². The normalized spacial score (nSPS) is 15.1. The largest absolute Gasteiger partial charge is 0.496 e. The third kappa shape index (κ3) is 3.72. The van der Waals surface area contributed by atoms with Gasteiger partial charge in [-0.25, -0.2) is 4.79 Å². The molecule has 2 aromatic rings. The fraction of sp³-hybridized carbons (Fsp3) is 0.263. The van der Waals surface area contributed by atoms with Crippen LogP contribution in [0, 0.1) is 0 Å². The van der Waals surface area contributed by atoms with Gasteiger partial charge in [0.25, 0.3) is 5.91 Å². The summed E-state index contributed by atoms with van der Waals surface area (Å²) in [6.45, 7) is 0.368. The molecule has 1 aliphatic heterocycles. The van der Waals surface area contributed by atoms with E-state index in [0.717, 1.165) is 5.56 Å². The second-order valence-electron chi connectivity index (χ2n) is 5.61. The minimum Gasteiger partial charge on any atom is -0.496 e. The molecule has 0 radical (unpaired) electrons. The molecule has 0 aliphatic carbocycles. The summed E-state index contributed by atoms with van der Waals surface area (Å²) >= 11 is 0. The van der Waals surface area contributed by atoms with Crippen LogP contribution in [0.15, 0.2) is 42.5 Å². The van der Waals surface area contributed by atoms with E-state index in [0.29, 0.717) is 22.8 Å². The molecule has 7 heteroatoms. The first-order chi connectivity index (χ1) is 12.6. The molecule has 1 N–H and O–H groups in total. The van der Waals surface area contributed by atoms with Crippen molar-refractivity contribution in [1.29, 1.82) is 0 Å². The standard InChI is InChI=1S/C19H19NO6/c1-23-14-8-7-12(9-13(14)19(22)24-2)10-20-18(21)17-11-25-15-5-3-4-6-16(15)26-17/h3-9,17H,10-11H2,1-2H3,(H,20,21). The highest BCUT2D eigenvalue weighted by Crippen LogP contribution is 2.30. The number of methoxy groups -OCH3 is 2. The summed E-state index contributed by atoms with van der Waals surface area (Å²) in [5.41, 5.74) is 1.03. The predicted octanol–water partition coefficient (Wildman–Crippen LogP) is 1.94. The maximum Gasteiger partial charge on any atom is 0.341 e. The number of amides is 1. The van der Waals surface area contributed by atoms with Gasteiger partial charge in [0.15, 0.2) is 11.5 Å². The number of ether oxygens (including phenoxy) is 4. The lowest BCUT2D eigenvalue weighted by Gasteiger charge is -2.25. The number of hydrogen-bond acceptors (Lipinski definition) is 6. The first kappa shape index (κ1) is 17.6. The van der Waals surface area contributed by atoms with Gasteiger partial charge in [-0.15, -0.1) is 0 Å². The maximum absolute atomic E-state index is 12.3. The average molecular weight is 357 g/mol. The van der Waals surface area contributed by atoms with E-state index in [4.69, 9.17) is 18.9 Å². The molecular weight excluding hydrogens is 338 g/mol. The lowest BCUT2D eigenvalue weighted by molar-refractivity contribution is -0.130. The summed E-state index contributed by atoms with van der Waals surface area (Å²) in [7, 11) is 2.77. The van der Waals surface area contributed by atoms with Crippen LogP contribution in [0.5, 0.6) is 17.2 Å². The molecular formula is C19H19NO6. The van der Waals surface area contributed by atoms with Crippen molar-refractivity contribution in [2.45, 2.75) is 12.6 Å². The van der Waals surface area contributed by atoms with Gasteiger partial charge in [0.2, 0.25) is 6.10 Å². The Kier molecular flexibility index (Phi) is 5.26. The minimum absolute atomic E-state index is 0.138. The van der Waals surface area contributed by atoms with Crippen molar-refractivity contribution >= 4 is 11.9 Å². The van der Waals surface area contributed by atoms with E-state index in [1.54, 1.807) is 30.3 Å². The van der Waals surface area contributed by atoms with E-state index in [2.05, 4.69) is 5.32 Å². The summed E-state index contributed by atoms with van der Waals surface area (Å²) in [5.74, 6) is 0.767. The van der Waals surface area contributed by atoms with Crippen molar-refractivity contribution < 1.29 is 28.5 Å². The van der Waals surface area contributed by atoms with Gasteiger partial charge >= 0.3 is 5.97 Å². The number of benzene rings is 2. The zero-order valence-electron chi connectivity index (χ0n) is 14.5. The zero-order valence-corrected chi connectivity index (χ0v) is 14.5. The minimum atomic E-state index is -0.733. The molecule has 2 aromatic carbocycles. The van der Waals surface area contributed by atoms with Gasteiger partial charge in [-0.2, -0.15) is 0 Å². The zero-order chi connectivity index (χ0) is 18.5. The predicted molar refractivity (Wildman–Crippen MR) is 92.5 cm³/mol.